The van der Waals surface area contributed by atoms with Crippen LogP contribution in [0, 0.1) is 0 Å². The fourth-order valence-electron chi connectivity index (χ4n) is 4.84. The van der Waals surface area contributed by atoms with E-state index in [1.165, 1.54) is 23.2 Å². The van der Waals surface area contributed by atoms with Gasteiger partial charge in [-0.15, -0.1) is 5.10 Å². The number of urea groups is 1. The van der Waals surface area contributed by atoms with Gasteiger partial charge in [-0.1, -0.05) is 65.2 Å². The number of hydrogen-bond donors (Lipinski definition) is 1. The van der Waals surface area contributed by atoms with Crippen molar-refractivity contribution in [2.75, 3.05) is 4.90 Å². The van der Waals surface area contributed by atoms with E-state index in [-0.39, 0.29) is 22.0 Å². The third-order valence-corrected chi connectivity index (χ3v) is 7.28. The highest BCUT2D eigenvalue weighted by Crippen LogP contribution is 2.41. The monoisotopic (exact) mass is 569 g/mol. The highest BCUT2D eigenvalue weighted by molar-refractivity contribution is 7.13. The zero-order chi connectivity index (χ0) is 28.7. The molecule has 0 aliphatic rings. The summed E-state index contributed by atoms with van der Waals surface area (Å²) >= 11 is 1.16. The molecule has 0 saturated heterocycles. The number of nitrogens with two attached hydrogens (primary N) is 1. The van der Waals surface area contributed by atoms with Crippen LogP contribution in [0.5, 0.6) is 0 Å². The number of alkyl halides is 3. The molecule has 202 valence electrons. The number of anilines is 2. The van der Waals surface area contributed by atoms with Crippen LogP contribution in [0.3, 0.4) is 0 Å². The van der Waals surface area contributed by atoms with Crippen LogP contribution in [0.25, 0.3) is 32.2 Å². The summed E-state index contributed by atoms with van der Waals surface area (Å²) in [5, 5.41) is 4.27. The second kappa shape index (κ2) is 10.1. The van der Waals surface area contributed by atoms with Gasteiger partial charge in [-0.05, 0) is 47.4 Å². The highest BCUT2D eigenvalue weighted by atomic mass is 32.1. The average Bonchev–Trinajstić information content (AvgIpc) is 3.46. The van der Waals surface area contributed by atoms with Crippen molar-refractivity contribution in [1.82, 2.24) is 14.6 Å². The molecule has 0 saturated carbocycles. The molecule has 0 radical (unpaired) electrons. The third-order valence-electron chi connectivity index (χ3n) is 6.60. The smallest absolute Gasteiger partial charge is 0.351 e. The van der Waals surface area contributed by atoms with Gasteiger partial charge >= 0.3 is 12.2 Å². The van der Waals surface area contributed by atoms with Gasteiger partial charge < -0.3 is 5.73 Å². The number of benzene rings is 4. The quantitative estimate of drug-likeness (QED) is 0.218. The standard InChI is InChI=1S/C30H18F3N5O2S/c31-30(32,33)22-12-5-11-20-25(21(16-35-26(20)22)28(39)17-7-2-1-3-8-17)18-9-4-10-19(15-18)38(29(34)40)23-13-6-14-24-27(23)36-37-41-24/h1-16H,(H2,34,40). The zero-order valence-electron chi connectivity index (χ0n) is 21.0. The van der Waals surface area contributed by atoms with E-state index in [0.29, 0.717) is 28.0 Å². The summed E-state index contributed by atoms with van der Waals surface area (Å²) in [5.41, 5.74) is 6.86. The molecule has 0 atom stereocenters. The first-order valence-corrected chi connectivity index (χ1v) is 13.0. The minimum absolute atomic E-state index is 0.108. The highest BCUT2D eigenvalue weighted by Gasteiger charge is 2.34. The first-order valence-electron chi connectivity index (χ1n) is 12.2. The molecule has 41 heavy (non-hydrogen) atoms. The molecular weight excluding hydrogens is 551 g/mol. The number of aromatic nitrogens is 3. The Kier molecular flexibility index (Phi) is 6.43. The number of carbonyl (C=O) groups is 2. The van der Waals surface area contributed by atoms with Crippen molar-refractivity contribution in [3.05, 3.63) is 114 Å². The van der Waals surface area contributed by atoms with Gasteiger partial charge in [-0.25, -0.2) is 4.79 Å². The number of fused-ring (bicyclic) bond motifs is 2. The Morgan fingerprint density at radius 1 is 0.854 bits per heavy atom. The van der Waals surface area contributed by atoms with Gasteiger partial charge in [-0.3, -0.25) is 14.7 Å². The number of amides is 2. The maximum atomic E-state index is 13.9. The van der Waals surface area contributed by atoms with Crippen LogP contribution in [-0.4, -0.2) is 26.4 Å². The van der Waals surface area contributed by atoms with Gasteiger partial charge in [0, 0.05) is 28.3 Å². The van der Waals surface area contributed by atoms with E-state index in [4.69, 9.17) is 5.73 Å². The van der Waals surface area contributed by atoms with Gasteiger partial charge in [0.2, 0.25) is 0 Å². The Labute approximate surface area is 234 Å². The lowest BCUT2D eigenvalue weighted by molar-refractivity contribution is -0.136. The lowest BCUT2D eigenvalue weighted by Crippen LogP contribution is -2.31. The van der Waals surface area contributed by atoms with Crippen molar-refractivity contribution in [3.8, 4) is 11.1 Å². The predicted molar refractivity (Wildman–Crippen MR) is 151 cm³/mol. The first kappa shape index (κ1) is 26.1. The normalized spacial score (nSPS) is 11.6. The number of carbonyl (C=O) groups excluding carboxylic acids is 2. The Morgan fingerprint density at radius 2 is 1.61 bits per heavy atom. The van der Waals surface area contributed by atoms with Gasteiger partial charge in [0.25, 0.3) is 0 Å². The molecule has 2 aromatic heterocycles. The second-order valence-corrected chi connectivity index (χ2v) is 9.85. The topological polar surface area (TPSA) is 102 Å². The number of halogens is 3. The lowest BCUT2D eigenvalue weighted by atomic mass is 9.91. The first-order chi connectivity index (χ1) is 19.7. The summed E-state index contributed by atoms with van der Waals surface area (Å²) < 4.78 is 46.5. The molecule has 2 heterocycles. The number of hydrogen-bond acceptors (Lipinski definition) is 6. The lowest BCUT2D eigenvalue weighted by Gasteiger charge is -2.22. The maximum absolute atomic E-state index is 13.9. The Morgan fingerprint density at radius 3 is 2.37 bits per heavy atom. The molecule has 0 aliphatic carbocycles. The van der Waals surface area contributed by atoms with E-state index >= 15 is 0 Å². The van der Waals surface area contributed by atoms with Crippen LogP contribution < -0.4 is 10.6 Å². The van der Waals surface area contributed by atoms with E-state index in [2.05, 4.69) is 14.6 Å². The molecule has 0 unspecified atom stereocenters. The van der Waals surface area contributed by atoms with Crippen LogP contribution in [0.15, 0.2) is 97.2 Å². The van der Waals surface area contributed by atoms with Crippen LogP contribution in [0.4, 0.5) is 29.3 Å². The molecule has 2 N–H and O–H groups in total. The van der Waals surface area contributed by atoms with Gasteiger partial charge in [0.05, 0.1) is 27.2 Å². The number of rotatable bonds is 5. The van der Waals surface area contributed by atoms with E-state index in [9.17, 15) is 22.8 Å². The molecule has 0 bridgehead atoms. The van der Waals surface area contributed by atoms with Gasteiger partial charge in [0.1, 0.15) is 5.52 Å². The molecule has 0 aliphatic heterocycles. The summed E-state index contributed by atoms with van der Waals surface area (Å²) in [6.07, 6.45) is -3.50. The number of para-hydroxylation sites is 1. The molecule has 0 fully saturated rings. The maximum Gasteiger partial charge on any atom is 0.418 e. The van der Waals surface area contributed by atoms with Gasteiger partial charge in [0.15, 0.2) is 5.78 Å². The SMILES string of the molecule is NC(=O)N(c1cccc(-c2c(C(=O)c3ccccc3)cnc3c(C(F)(F)F)cccc23)c1)c1cccc2snnc12. The molecule has 2 amide bonds. The summed E-state index contributed by atoms with van der Waals surface area (Å²) in [4.78, 5) is 31.8. The Bertz CT molecular complexity index is 1960. The number of ketones is 1. The summed E-state index contributed by atoms with van der Waals surface area (Å²) in [7, 11) is 0. The minimum Gasteiger partial charge on any atom is -0.351 e. The molecule has 0 spiro atoms. The molecular formula is C30H18F3N5O2S. The molecule has 6 aromatic rings. The van der Waals surface area contributed by atoms with Crippen molar-refractivity contribution < 1.29 is 22.8 Å². The molecule has 7 nitrogen and oxygen atoms in total. The van der Waals surface area contributed by atoms with E-state index < -0.39 is 23.6 Å². The summed E-state index contributed by atoms with van der Waals surface area (Å²) in [5.74, 6) is -0.414. The van der Waals surface area contributed by atoms with Crippen molar-refractivity contribution in [2.24, 2.45) is 5.73 Å². The fraction of sp³-hybridized carbons (Fsp3) is 0.0333. The zero-order valence-corrected chi connectivity index (χ0v) is 21.8. The van der Waals surface area contributed by atoms with E-state index in [1.54, 1.807) is 66.7 Å². The Balaban J connectivity index is 1.61. The number of nitrogens with zero attached hydrogens (tertiary/aromatic N) is 4. The van der Waals surface area contributed by atoms with E-state index in [1.807, 2.05) is 6.07 Å². The van der Waals surface area contributed by atoms with Crippen molar-refractivity contribution >= 4 is 55.8 Å². The van der Waals surface area contributed by atoms with Crippen LogP contribution >= 0.6 is 11.5 Å². The summed E-state index contributed by atoms with van der Waals surface area (Å²) in [6, 6.07) is 23.1. The van der Waals surface area contributed by atoms with Crippen molar-refractivity contribution in [2.45, 2.75) is 6.18 Å². The van der Waals surface area contributed by atoms with Gasteiger partial charge in [-0.2, -0.15) is 13.2 Å². The number of primary amides is 1. The fourth-order valence-corrected chi connectivity index (χ4v) is 5.42. The molecule has 6 rings (SSSR count). The second-order valence-electron chi connectivity index (χ2n) is 9.06. The minimum atomic E-state index is -4.67. The predicted octanol–water partition coefficient (Wildman–Crippen LogP) is 7.37. The van der Waals surface area contributed by atoms with Crippen molar-refractivity contribution in [3.63, 3.8) is 0 Å². The third kappa shape index (κ3) is 4.66. The van der Waals surface area contributed by atoms with E-state index in [0.717, 1.165) is 22.3 Å². The average molecular weight is 570 g/mol. The molecule has 11 heteroatoms. The molecule has 4 aromatic carbocycles. The summed E-state index contributed by atoms with van der Waals surface area (Å²) in [6.45, 7) is 0. The Hall–Kier alpha value is -5.16. The van der Waals surface area contributed by atoms with Crippen LogP contribution in [0.1, 0.15) is 21.5 Å². The number of pyridine rings is 1. The van der Waals surface area contributed by atoms with Crippen molar-refractivity contribution in [1.29, 1.82) is 0 Å². The van der Waals surface area contributed by atoms with Crippen LogP contribution in [0.2, 0.25) is 0 Å². The largest absolute Gasteiger partial charge is 0.418 e. The van der Waals surface area contributed by atoms with Crippen LogP contribution in [-0.2, 0) is 6.18 Å².